The molecule has 3 saturated heterocycles. The van der Waals surface area contributed by atoms with Gasteiger partial charge in [-0.3, -0.25) is 29.0 Å². The molecule has 2 unspecified atom stereocenters. The van der Waals surface area contributed by atoms with Crippen LogP contribution in [0.3, 0.4) is 0 Å². The number of piperidine rings is 1. The normalized spacial score (nSPS) is 24.7. The topological polar surface area (TPSA) is 124 Å². The summed E-state index contributed by atoms with van der Waals surface area (Å²) in [7, 11) is -1.35. The number of imide groups is 2. The van der Waals surface area contributed by atoms with Crippen molar-refractivity contribution in [2.24, 2.45) is 0 Å². The second-order valence-corrected chi connectivity index (χ2v) is 25.1. The maximum Gasteiger partial charge on any atom is 0.262 e. The number of likely N-dealkylation sites (tertiary alicyclic amines) is 1. The Kier molecular flexibility index (Phi) is 11.8. The monoisotopic (exact) mass is 829 g/mol. The number of hydrogen-bond donors (Lipinski definition) is 1. The van der Waals surface area contributed by atoms with Crippen molar-refractivity contribution in [2.45, 2.75) is 99.2 Å². The molecule has 3 aromatic rings. The van der Waals surface area contributed by atoms with Gasteiger partial charge in [-0.2, -0.15) is 0 Å². The van der Waals surface area contributed by atoms with E-state index < -0.39 is 31.8 Å². The zero-order valence-electron chi connectivity index (χ0n) is 32.8. The summed E-state index contributed by atoms with van der Waals surface area (Å²) < 4.78 is 23.7. The second kappa shape index (κ2) is 16.8. The summed E-state index contributed by atoms with van der Waals surface area (Å²) >= 11 is 3.93. The maximum absolute atomic E-state index is 13.6. The average molecular weight is 830 g/mol. The van der Waals surface area contributed by atoms with Crippen LogP contribution in [0.15, 0.2) is 66.7 Å². The van der Waals surface area contributed by atoms with Crippen molar-refractivity contribution in [3.63, 3.8) is 0 Å². The molecule has 4 amide bonds. The Morgan fingerprint density at radius 1 is 0.825 bits per heavy atom. The first kappa shape index (κ1) is 40.0. The number of rotatable bonds is 14. The van der Waals surface area contributed by atoms with Crippen LogP contribution in [0, 0.1) is 0 Å². The van der Waals surface area contributed by atoms with Gasteiger partial charge >= 0.3 is 0 Å². The molecule has 14 heteroatoms. The van der Waals surface area contributed by atoms with E-state index in [-0.39, 0.29) is 59.1 Å². The lowest BCUT2D eigenvalue weighted by Gasteiger charge is -2.36. The molecule has 3 aromatic carbocycles. The van der Waals surface area contributed by atoms with Crippen LogP contribution in [0.1, 0.15) is 76.8 Å². The Balaban J connectivity index is 0.840. The molecule has 0 bridgehead atoms. The fraction of sp³-hybridized carbons (Fsp3) is 0.488. The Hall–Kier alpha value is -3.82. The minimum absolute atomic E-state index is 0.0499. The van der Waals surface area contributed by atoms with E-state index in [0.717, 1.165) is 83.2 Å². The Morgan fingerprint density at radius 3 is 2.14 bits per heavy atom. The number of amides is 4. The first-order chi connectivity index (χ1) is 27.5. The first-order valence-corrected chi connectivity index (χ1v) is 25.8. The van der Waals surface area contributed by atoms with Crippen LogP contribution >= 0.6 is 23.5 Å². The lowest BCUT2D eigenvalue weighted by molar-refractivity contribution is -0.158. The SMILES string of the molecule is C[Si](C)(C)CCOCN1C(=O)CCC(N2C(=O)c3ccc(NC4CC(Oc5ccc(C6(c7ccc(OC8CCCCO8)cc7)SCCS6)cc5)C4)cc3C2=O)C1=O. The molecule has 4 heterocycles. The van der Waals surface area contributed by atoms with Crippen molar-refractivity contribution >= 4 is 60.9 Å². The zero-order chi connectivity index (χ0) is 39.7. The molecule has 8 rings (SSSR count). The number of carbonyl (C=O) groups is 4. The molecule has 302 valence electrons. The van der Waals surface area contributed by atoms with Crippen LogP contribution in [-0.4, -0.2) is 97.4 Å². The fourth-order valence-corrected chi connectivity index (χ4v) is 12.0. The van der Waals surface area contributed by atoms with Crippen LogP contribution in [0.2, 0.25) is 25.7 Å². The molecular weight excluding hydrogens is 779 g/mol. The molecule has 57 heavy (non-hydrogen) atoms. The van der Waals surface area contributed by atoms with Gasteiger partial charge < -0.3 is 24.3 Å². The van der Waals surface area contributed by atoms with E-state index in [2.05, 4.69) is 73.5 Å². The summed E-state index contributed by atoms with van der Waals surface area (Å²) in [5, 5.41) is 3.49. The number of carbonyl (C=O) groups excluding carboxylic acids is 4. The van der Waals surface area contributed by atoms with Gasteiger partial charge in [-0.1, -0.05) is 43.9 Å². The van der Waals surface area contributed by atoms with Crippen molar-refractivity contribution in [1.82, 2.24) is 9.80 Å². The summed E-state index contributed by atoms with van der Waals surface area (Å²) in [6.07, 6.45) is 4.77. The van der Waals surface area contributed by atoms with E-state index in [1.807, 2.05) is 23.5 Å². The molecule has 0 spiro atoms. The number of nitrogens with one attached hydrogen (secondary N) is 1. The predicted molar refractivity (Wildman–Crippen MR) is 225 cm³/mol. The molecule has 4 aliphatic heterocycles. The third-order valence-corrected chi connectivity index (χ3v) is 16.5. The number of hydrogen-bond acceptors (Lipinski definition) is 11. The third kappa shape index (κ3) is 8.66. The van der Waals surface area contributed by atoms with Crippen molar-refractivity contribution in [3.8, 4) is 11.5 Å². The fourth-order valence-electron chi connectivity index (χ4n) is 7.95. The van der Waals surface area contributed by atoms with Gasteiger partial charge in [-0.15, -0.1) is 23.5 Å². The summed E-state index contributed by atoms with van der Waals surface area (Å²) in [4.78, 5) is 55.3. The third-order valence-electron chi connectivity index (χ3n) is 11.3. The van der Waals surface area contributed by atoms with Crippen LogP contribution < -0.4 is 14.8 Å². The molecule has 5 aliphatic rings. The van der Waals surface area contributed by atoms with Gasteiger partial charge in [0.15, 0.2) is 6.29 Å². The second-order valence-electron chi connectivity index (χ2n) is 16.6. The van der Waals surface area contributed by atoms with E-state index >= 15 is 0 Å². The number of thioether (sulfide) groups is 2. The van der Waals surface area contributed by atoms with E-state index in [1.165, 1.54) is 11.1 Å². The molecule has 0 radical (unpaired) electrons. The van der Waals surface area contributed by atoms with Gasteiger partial charge in [0.05, 0.1) is 17.7 Å². The van der Waals surface area contributed by atoms with Crippen molar-refractivity contribution < 1.29 is 38.1 Å². The smallest absolute Gasteiger partial charge is 0.262 e. The minimum atomic E-state index is -1.35. The van der Waals surface area contributed by atoms with Crippen molar-refractivity contribution in [1.29, 1.82) is 0 Å². The molecule has 1 saturated carbocycles. The Bertz CT molecular complexity index is 1970. The molecular formula is C43H51N3O8S2Si. The van der Waals surface area contributed by atoms with Crippen LogP contribution in [0.25, 0.3) is 0 Å². The Labute approximate surface area is 343 Å². The van der Waals surface area contributed by atoms with E-state index in [9.17, 15) is 19.2 Å². The highest BCUT2D eigenvalue weighted by atomic mass is 32.2. The Morgan fingerprint density at radius 2 is 1.49 bits per heavy atom. The summed E-state index contributed by atoms with van der Waals surface area (Å²) in [5.74, 6) is 1.88. The van der Waals surface area contributed by atoms with Gasteiger partial charge in [0.25, 0.3) is 17.7 Å². The summed E-state index contributed by atoms with van der Waals surface area (Å²) in [6.45, 7) is 7.70. The maximum atomic E-state index is 13.6. The van der Waals surface area contributed by atoms with Crippen LogP contribution in [0.5, 0.6) is 11.5 Å². The number of ether oxygens (including phenoxy) is 4. The van der Waals surface area contributed by atoms with Gasteiger partial charge in [0.2, 0.25) is 5.91 Å². The van der Waals surface area contributed by atoms with Gasteiger partial charge in [0.1, 0.15) is 34.5 Å². The largest absolute Gasteiger partial charge is 0.490 e. The zero-order valence-corrected chi connectivity index (χ0v) is 35.5. The van der Waals surface area contributed by atoms with E-state index in [0.29, 0.717) is 6.61 Å². The van der Waals surface area contributed by atoms with E-state index in [1.54, 1.807) is 18.2 Å². The van der Waals surface area contributed by atoms with Crippen molar-refractivity contribution in [2.75, 3.05) is 36.8 Å². The molecule has 2 atom stereocenters. The standard InChI is InChI=1S/C43H51N3O8S2Si/c1-57(2,3)23-20-51-27-45-38(47)18-17-37(42(45)50)46-40(48)35-16-11-30(26-36(35)41(46)49)44-31-24-34(25-31)53-32-12-7-28(8-13-32)43(55-21-22-56-43)29-9-14-33(15-10-29)54-39-6-4-5-19-52-39/h7-16,26,31,34,37,39,44H,4-6,17-25,27H2,1-3H3. The molecule has 1 N–H and O–H groups in total. The highest BCUT2D eigenvalue weighted by Gasteiger charge is 2.47. The number of fused-ring (bicyclic) bond motifs is 1. The molecule has 1 aliphatic carbocycles. The number of benzene rings is 3. The lowest BCUT2D eigenvalue weighted by atomic mass is 9.89. The molecule has 11 nitrogen and oxygen atoms in total. The lowest BCUT2D eigenvalue weighted by Crippen LogP contribution is -2.56. The van der Waals surface area contributed by atoms with Crippen LogP contribution in [0.4, 0.5) is 5.69 Å². The summed E-state index contributed by atoms with van der Waals surface area (Å²) in [6, 6.07) is 22.1. The minimum Gasteiger partial charge on any atom is -0.490 e. The van der Waals surface area contributed by atoms with Gasteiger partial charge in [0, 0.05) is 63.6 Å². The van der Waals surface area contributed by atoms with E-state index in [4.69, 9.17) is 18.9 Å². The van der Waals surface area contributed by atoms with Crippen molar-refractivity contribution in [3.05, 3.63) is 89.0 Å². The average Bonchev–Trinajstić information content (AvgIpc) is 3.78. The predicted octanol–water partition coefficient (Wildman–Crippen LogP) is 7.72. The number of anilines is 1. The molecule has 4 fully saturated rings. The highest BCUT2D eigenvalue weighted by molar-refractivity contribution is 8.20. The van der Waals surface area contributed by atoms with Gasteiger partial charge in [-0.25, -0.2) is 0 Å². The molecule has 0 aromatic heterocycles. The number of nitrogens with zero attached hydrogens (tertiary/aromatic N) is 2. The summed E-state index contributed by atoms with van der Waals surface area (Å²) in [5.41, 5.74) is 3.74. The highest BCUT2D eigenvalue weighted by Crippen LogP contribution is 2.56. The first-order valence-electron chi connectivity index (χ1n) is 20.1. The van der Waals surface area contributed by atoms with Gasteiger partial charge in [-0.05, 0) is 78.9 Å². The quantitative estimate of drug-likeness (QED) is 0.0977. The van der Waals surface area contributed by atoms with Crippen LogP contribution in [-0.2, 0) is 23.1 Å².